The van der Waals surface area contributed by atoms with Crippen molar-refractivity contribution in [2.24, 2.45) is 0 Å². The Morgan fingerprint density at radius 2 is 2.13 bits per heavy atom. The minimum Gasteiger partial charge on any atom is -0.308 e. The fourth-order valence-corrected chi connectivity index (χ4v) is 1.47. The van der Waals surface area contributed by atoms with Gasteiger partial charge in [-0.15, -0.1) is 0 Å². The quantitative estimate of drug-likeness (QED) is 0.787. The van der Waals surface area contributed by atoms with Crippen molar-refractivity contribution in [1.82, 2.24) is 15.5 Å². The van der Waals surface area contributed by atoms with Gasteiger partial charge in [0.05, 0.1) is 11.7 Å². The first-order chi connectivity index (χ1) is 7.04. The highest BCUT2D eigenvalue weighted by molar-refractivity contribution is 5.78. The maximum Gasteiger partial charge on any atom is 0.0650 e. The molecule has 1 aromatic carbocycles. The van der Waals surface area contributed by atoms with Gasteiger partial charge in [0.25, 0.3) is 0 Å². The monoisotopic (exact) mass is 203 g/mol. The summed E-state index contributed by atoms with van der Waals surface area (Å²) in [5.41, 5.74) is 2.54. The summed E-state index contributed by atoms with van der Waals surface area (Å²) in [6, 6.07) is 6.36. The molecule has 0 aliphatic carbocycles. The Labute approximate surface area is 89.9 Å². The van der Waals surface area contributed by atoms with Crippen molar-refractivity contribution >= 4 is 10.9 Å². The molecule has 0 aliphatic heterocycles. The fourth-order valence-electron chi connectivity index (χ4n) is 1.47. The zero-order valence-electron chi connectivity index (χ0n) is 9.46. The van der Waals surface area contributed by atoms with Crippen LogP contribution in [0, 0.1) is 0 Å². The molecule has 0 aliphatic rings. The third kappa shape index (κ3) is 2.57. The largest absolute Gasteiger partial charge is 0.308 e. The summed E-state index contributed by atoms with van der Waals surface area (Å²) in [6.45, 7) is 7.40. The summed E-state index contributed by atoms with van der Waals surface area (Å²) >= 11 is 0. The molecule has 2 rings (SSSR count). The average molecular weight is 203 g/mol. The van der Waals surface area contributed by atoms with E-state index in [4.69, 9.17) is 0 Å². The number of fused-ring (bicyclic) bond motifs is 1. The lowest BCUT2D eigenvalue weighted by molar-refractivity contribution is 0.424. The van der Waals surface area contributed by atoms with Gasteiger partial charge >= 0.3 is 0 Å². The summed E-state index contributed by atoms with van der Waals surface area (Å²) in [4.78, 5) is 0. The zero-order chi connectivity index (χ0) is 10.9. The van der Waals surface area contributed by atoms with E-state index >= 15 is 0 Å². The van der Waals surface area contributed by atoms with Crippen molar-refractivity contribution in [1.29, 1.82) is 0 Å². The first-order valence-electron chi connectivity index (χ1n) is 5.22. The summed E-state index contributed by atoms with van der Waals surface area (Å²) in [5.74, 6) is 0. The molecule has 3 nitrogen and oxygen atoms in total. The molecule has 0 spiro atoms. The van der Waals surface area contributed by atoms with Gasteiger partial charge in [0.2, 0.25) is 0 Å². The van der Waals surface area contributed by atoms with Gasteiger partial charge in [-0.3, -0.25) is 5.10 Å². The number of hydrogen-bond acceptors (Lipinski definition) is 2. The normalized spacial score (nSPS) is 12.2. The number of H-pyrrole nitrogens is 1. The van der Waals surface area contributed by atoms with Crippen LogP contribution >= 0.6 is 0 Å². The lowest BCUT2D eigenvalue weighted by Gasteiger charge is -2.20. The van der Waals surface area contributed by atoms with Gasteiger partial charge in [-0.05, 0) is 38.5 Å². The molecule has 1 heterocycles. The van der Waals surface area contributed by atoms with Gasteiger partial charge in [-0.25, -0.2) is 0 Å². The number of aromatic nitrogens is 2. The smallest absolute Gasteiger partial charge is 0.0650 e. The van der Waals surface area contributed by atoms with Crippen LogP contribution in [0.15, 0.2) is 24.4 Å². The predicted molar refractivity (Wildman–Crippen MR) is 62.7 cm³/mol. The molecule has 80 valence electrons. The molecule has 15 heavy (non-hydrogen) atoms. The second-order valence-electron chi connectivity index (χ2n) is 4.90. The number of aromatic amines is 1. The third-order valence-corrected chi connectivity index (χ3v) is 2.33. The third-order valence-electron chi connectivity index (χ3n) is 2.33. The Bertz CT molecular complexity index is 451. The molecule has 0 amide bonds. The Hall–Kier alpha value is -1.35. The van der Waals surface area contributed by atoms with Crippen LogP contribution < -0.4 is 5.32 Å². The van der Waals surface area contributed by atoms with Gasteiger partial charge < -0.3 is 5.32 Å². The highest BCUT2D eigenvalue weighted by Gasteiger charge is 2.08. The Morgan fingerprint density at radius 1 is 1.33 bits per heavy atom. The average Bonchev–Trinajstić information content (AvgIpc) is 2.60. The van der Waals surface area contributed by atoms with Gasteiger partial charge in [0.15, 0.2) is 0 Å². The molecular formula is C12H17N3. The van der Waals surface area contributed by atoms with Crippen molar-refractivity contribution in [2.75, 3.05) is 0 Å². The van der Waals surface area contributed by atoms with E-state index in [0.717, 1.165) is 12.1 Å². The van der Waals surface area contributed by atoms with E-state index in [1.807, 2.05) is 6.20 Å². The second-order valence-corrected chi connectivity index (χ2v) is 4.90. The maximum atomic E-state index is 4.01. The van der Waals surface area contributed by atoms with Gasteiger partial charge in [-0.1, -0.05) is 6.07 Å². The highest BCUT2D eigenvalue weighted by atomic mass is 15.1. The predicted octanol–water partition coefficient (Wildman–Crippen LogP) is 2.45. The van der Waals surface area contributed by atoms with Crippen molar-refractivity contribution < 1.29 is 0 Å². The van der Waals surface area contributed by atoms with Crippen molar-refractivity contribution in [3.8, 4) is 0 Å². The number of nitrogens with zero attached hydrogens (tertiary/aromatic N) is 1. The minimum absolute atomic E-state index is 0.158. The summed E-state index contributed by atoms with van der Waals surface area (Å²) < 4.78 is 0. The first kappa shape index (κ1) is 10.2. The van der Waals surface area contributed by atoms with E-state index < -0.39 is 0 Å². The maximum absolute atomic E-state index is 4.01. The molecular weight excluding hydrogens is 186 g/mol. The van der Waals surface area contributed by atoms with E-state index in [0.29, 0.717) is 0 Å². The molecule has 0 saturated heterocycles. The van der Waals surface area contributed by atoms with Crippen LogP contribution in [0.1, 0.15) is 26.3 Å². The van der Waals surface area contributed by atoms with Gasteiger partial charge in [0, 0.05) is 17.5 Å². The number of hydrogen-bond donors (Lipinski definition) is 2. The molecule has 0 atom stereocenters. The topological polar surface area (TPSA) is 40.7 Å². The lowest BCUT2D eigenvalue weighted by atomic mass is 10.1. The summed E-state index contributed by atoms with van der Waals surface area (Å²) in [5, 5.41) is 11.6. The van der Waals surface area contributed by atoms with E-state index in [9.17, 15) is 0 Å². The van der Waals surface area contributed by atoms with Crippen molar-refractivity contribution in [2.45, 2.75) is 32.9 Å². The van der Waals surface area contributed by atoms with Gasteiger partial charge in [-0.2, -0.15) is 5.10 Å². The van der Waals surface area contributed by atoms with Crippen LogP contribution in [0.3, 0.4) is 0 Å². The molecule has 0 bridgehead atoms. The SMILES string of the molecule is CC(C)(C)NCc1ccc2[nH]ncc2c1. The molecule has 0 fully saturated rings. The highest BCUT2D eigenvalue weighted by Crippen LogP contribution is 2.13. The van der Waals surface area contributed by atoms with E-state index in [1.165, 1.54) is 10.9 Å². The van der Waals surface area contributed by atoms with Crippen LogP contribution in [0.25, 0.3) is 10.9 Å². The molecule has 2 aromatic rings. The molecule has 0 radical (unpaired) electrons. The Balaban J connectivity index is 2.15. The van der Waals surface area contributed by atoms with Crippen LogP contribution in [-0.2, 0) is 6.54 Å². The number of nitrogens with one attached hydrogen (secondary N) is 2. The van der Waals surface area contributed by atoms with E-state index in [1.54, 1.807) is 0 Å². The first-order valence-corrected chi connectivity index (χ1v) is 5.22. The summed E-state index contributed by atoms with van der Waals surface area (Å²) in [7, 11) is 0. The molecule has 0 unspecified atom stereocenters. The number of rotatable bonds is 2. The minimum atomic E-state index is 0.158. The Kier molecular flexibility index (Phi) is 2.49. The van der Waals surface area contributed by atoms with Gasteiger partial charge in [0.1, 0.15) is 0 Å². The van der Waals surface area contributed by atoms with Crippen molar-refractivity contribution in [3.05, 3.63) is 30.0 Å². The fraction of sp³-hybridized carbons (Fsp3) is 0.417. The van der Waals surface area contributed by atoms with Crippen LogP contribution in [0.4, 0.5) is 0 Å². The molecule has 1 aromatic heterocycles. The zero-order valence-corrected chi connectivity index (χ0v) is 9.46. The lowest BCUT2D eigenvalue weighted by Crippen LogP contribution is -2.35. The van der Waals surface area contributed by atoms with Crippen LogP contribution in [0.2, 0.25) is 0 Å². The Morgan fingerprint density at radius 3 is 2.87 bits per heavy atom. The van der Waals surface area contributed by atoms with E-state index in [-0.39, 0.29) is 5.54 Å². The summed E-state index contributed by atoms with van der Waals surface area (Å²) in [6.07, 6.45) is 1.86. The van der Waals surface area contributed by atoms with Crippen molar-refractivity contribution in [3.63, 3.8) is 0 Å². The molecule has 3 heteroatoms. The molecule has 2 N–H and O–H groups in total. The van der Waals surface area contributed by atoms with Crippen LogP contribution in [0.5, 0.6) is 0 Å². The second kappa shape index (κ2) is 3.66. The van der Waals surface area contributed by atoms with Crippen LogP contribution in [-0.4, -0.2) is 15.7 Å². The standard InChI is InChI=1S/C12H17N3/c1-12(2,3)13-7-9-4-5-11-10(6-9)8-14-15-11/h4-6,8,13H,7H2,1-3H3,(H,14,15). The molecule has 0 saturated carbocycles. The van der Waals surface area contributed by atoms with E-state index in [2.05, 4.69) is 54.5 Å². The number of benzene rings is 1.